The number of hydrogen-bond acceptors (Lipinski definition) is 6. The second kappa shape index (κ2) is 16.1. The second-order valence-electron chi connectivity index (χ2n) is 4.62. The van der Waals surface area contributed by atoms with Crippen LogP contribution in [0.4, 0.5) is 0 Å². The van der Waals surface area contributed by atoms with Crippen LogP contribution in [0.5, 0.6) is 5.75 Å². The zero-order valence-corrected chi connectivity index (χ0v) is 16.2. The van der Waals surface area contributed by atoms with Crippen LogP contribution in [0.25, 0.3) is 0 Å². The molecule has 1 aromatic rings. The Labute approximate surface area is 160 Å². The Bertz CT molecular complexity index is 470. The van der Waals surface area contributed by atoms with E-state index in [1.54, 1.807) is 7.11 Å². The summed E-state index contributed by atoms with van der Waals surface area (Å²) in [6, 6.07) is 8.00. The van der Waals surface area contributed by atoms with Crippen molar-refractivity contribution in [2.75, 3.05) is 46.6 Å². The Balaban J connectivity index is 0.000000823. The lowest BCUT2D eigenvalue weighted by Crippen LogP contribution is -2.22. The highest BCUT2D eigenvalue weighted by molar-refractivity contribution is 14.1. The van der Waals surface area contributed by atoms with E-state index in [2.05, 4.69) is 27.9 Å². The third-order valence-corrected chi connectivity index (χ3v) is 3.34. The number of halogens is 1. The lowest BCUT2D eigenvalue weighted by Gasteiger charge is -2.08. The van der Waals surface area contributed by atoms with Crippen LogP contribution in [0.3, 0.4) is 0 Å². The molecule has 8 nitrogen and oxygen atoms in total. The van der Waals surface area contributed by atoms with Crippen molar-refractivity contribution in [2.45, 2.75) is 6.42 Å². The fraction of sp³-hybridized carbons (Fsp3) is 0.500. The molecule has 0 fully saturated rings. The van der Waals surface area contributed by atoms with E-state index in [0.717, 1.165) is 31.9 Å². The summed E-state index contributed by atoms with van der Waals surface area (Å²) in [7, 11) is 1.72. The van der Waals surface area contributed by atoms with Crippen LogP contribution < -0.4 is 10.1 Å². The normalized spacial score (nSPS) is 9.84. The number of methoxy groups -OCH3 is 1. The van der Waals surface area contributed by atoms with Crippen molar-refractivity contribution in [1.82, 2.24) is 5.32 Å². The van der Waals surface area contributed by atoms with E-state index >= 15 is 0 Å². The molecule has 0 radical (unpaired) electrons. The van der Waals surface area contributed by atoms with E-state index in [-0.39, 0.29) is 0 Å². The van der Waals surface area contributed by atoms with Gasteiger partial charge in [0.05, 0.1) is 13.2 Å². The number of carboxylic acids is 2. The molecule has 25 heavy (non-hydrogen) atoms. The molecule has 0 bridgehead atoms. The van der Waals surface area contributed by atoms with Gasteiger partial charge in [-0.2, -0.15) is 0 Å². The van der Waals surface area contributed by atoms with E-state index in [0.29, 0.717) is 19.8 Å². The highest BCUT2D eigenvalue weighted by Gasteiger charge is 2.04. The number of hydrogen-bond donors (Lipinski definition) is 3. The smallest absolute Gasteiger partial charge is 0.414 e. The van der Waals surface area contributed by atoms with Gasteiger partial charge < -0.3 is 29.7 Å². The highest BCUT2D eigenvalue weighted by atomic mass is 127. The first kappa shape index (κ1) is 23.6. The number of carboxylic acid groups (broad SMARTS) is 2. The van der Waals surface area contributed by atoms with Crippen LogP contribution in [0.1, 0.15) is 6.42 Å². The summed E-state index contributed by atoms with van der Waals surface area (Å²) in [6.07, 6.45) is 1.03. The number of aliphatic carboxylic acids is 2. The molecule has 0 aliphatic carbocycles. The van der Waals surface area contributed by atoms with Crippen LogP contribution in [0.2, 0.25) is 0 Å². The molecule has 0 heterocycles. The molecule has 1 aromatic carbocycles. The molecule has 0 saturated carbocycles. The monoisotopic (exact) mass is 469 g/mol. The van der Waals surface area contributed by atoms with E-state index in [1.807, 2.05) is 24.3 Å². The number of ether oxygens (including phenoxy) is 3. The Kier molecular flexibility index (Phi) is 15.1. The summed E-state index contributed by atoms with van der Waals surface area (Å²) >= 11 is 2.27. The fourth-order valence-corrected chi connectivity index (χ4v) is 1.82. The minimum atomic E-state index is -1.82. The Morgan fingerprint density at radius 1 is 1.00 bits per heavy atom. The summed E-state index contributed by atoms with van der Waals surface area (Å²) in [6.45, 7) is 4.56. The first-order chi connectivity index (χ1) is 12.0. The minimum Gasteiger partial charge on any atom is -0.491 e. The average Bonchev–Trinajstić information content (AvgIpc) is 2.58. The van der Waals surface area contributed by atoms with E-state index < -0.39 is 11.9 Å². The number of rotatable bonds is 11. The largest absolute Gasteiger partial charge is 0.491 e. The van der Waals surface area contributed by atoms with Crippen LogP contribution >= 0.6 is 22.6 Å². The van der Waals surface area contributed by atoms with Crippen molar-refractivity contribution >= 4 is 34.5 Å². The highest BCUT2D eigenvalue weighted by Crippen LogP contribution is 2.13. The van der Waals surface area contributed by atoms with E-state index in [9.17, 15) is 0 Å². The molecule has 142 valence electrons. The SMILES string of the molecule is COCCCNCCOCCOc1ccc(I)cc1.O=C(O)C(=O)O. The van der Waals surface area contributed by atoms with Crippen LogP contribution in [0, 0.1) is 3.57 Å². The summed E-state index contributed by atoms with van der Waals surface area (Å²) < 4.78 is 17.2. The van der Waals surface area contributed by atoms with Gasteiger partial charge in [-0.3, -0.25) is 0 Å². The number of carbonyl (C=O) groups is 2. The van der Waals surface area contributed by atoms with Crippen molar-refractivity contribution in [2.24, 2.45) is 0 Å². The van der Waals surface area contributed by atoms with Gasteiger partial charge >= 0.3 is 11.9 Å². The van der Waals surface area contributed by atoms with Gasteiger partial charge in [-0.15, -0.1) is 0 Å². The first-order valence-electron chi connectivity index (χ1n) is 7.59. The molecular weight excluding hydrogens is 445 g/mol. The van der Waals surface area contributed by atoms with Crippen molar-refractivity contribution < 1.29 is 34.0 Å². The Morgan fingerprint density at radius 2 is 1.64 bits per heavy atom. The molecule has 0 amide bonds. The first-order valence-corrected chi connectivity index (χ1v) is 8.67. The third-order valence-electron chi connectivity index (χ3n) is 2.62. The maximum atomic E-state index is 9.10. The van der Waals surface area contributed by atoms with Crippen molar-refractivity contribution in [3.8, 4) is 5.75 Å². The quantitative estimate of drug-likeness (QED) is 0.254. The van der Waals surface area contributed by atoms with Crippen LogP contribution in [-0.2, 0) is 19.1 Å². The van der Waals surface area contributed by atoms with Crippen molar-refractivity contribution in [1.29, 1.82) is 0 Å². The maximum absolute atomic E-state index is 9.10. The van der Waals surface area contributed by atoms with Gasteiger partial charge in [0.25, 0.3) is 0 Å². The van der Waals surface area contributed by atoms with Gasteiger partial charge in [0, 0.05) is 23.8 Å². The number of nitrogens with one attached hydrogen (secondary N) is 1. The molecule has 0 aliphatic heterocycles. The Morgan fingerprint density at radius 3 is 2.20 bits per heavy atom. The molecule has 0 aromatic heterocycles. The molecule has 9 heteroatoms. The van der Waals surface area contributed by atoms with Gasteiger partial charge in [0.1, 0.15) is 12.4 Å². The topological polar surface area (TPSA) is 114 Å². The molecule has 3 N–H and O–H groups in total. The van der Waals surface area contributed by atoms with Gasteiger partial charge in [-0.25, -0.2) is 9.59 Å². The van der Waals surface area contributed by atoms with Gasteiger partial charge in [-0.05, 0) is 59.8 Å². The van der Waals surface area contributed by atoms with Gasteiger partial charge in [0.2, 0.25) is 0 Å². The fourth-order valence-electron chi connectivity index (χ4n) is 1.46. The predicted octanol–water partition coefficient (Wildman–Crippen LogP) is 1.47. The molecule has 0 unspecified atom stereocenters. The van der Waals surface area contributed by atoms with Gasteiger partial charge in [-0.1, -0.05) is 0 Å². The minimum absolute atomic E-state index is 0.588. The van der Waals surface area contributed by atoms with Crippen molar-refractivity contribution in [3.63, 3.8) is 0 Å². The third kappa shape index (κ3) is 15.8. The van der Waals surface area contributed by atoms with Crippen molar-refractivity contribution in [3.05, 3.63) is 27.8 Å². The lowest BCUT2D eigenvalue weighted by atomic mass is 10.3. The molecule has 1 rings (SSSR count). The summed E-state index contributed by atoms with van der Waals surface area (Å²) in [5.74, 6) is -2.76. The van der Waals surface area contributed by atoms with Crippen LogP contribution in [-0.4, -0.2) is 68.8 Å². The molecule has 0 aliphatic rings. The molecule has 0 spiro atoms. The number of benzene rings is 1. The summed E-state index contributed by atoms with van der Waals surface area (Å²) in [4.78, 5) is 18.2. The Hall–Kier alpha value is -1.43. The van der Waals surface area contributed by atoms with E-state index in [4.69, 9.17) is 34.0 Å². The zero-order chi connectivity index (χ0) is 18.9. The lowest BCUT2D eigenvalue weighted by molar-refractivity contribution is -0.159. The molecule has 0 saturated heterocycles. The predicted molar refractivity (Wildman–Crippen MR) is 100 cm³/mol. The second-order valence-corrected chi connectivity index (χ2v) is 5.87. The molecular formula is C16H24INO7. The van der Waals surface area contributed by atoms with E-state index in [1.165, 1.54) is 3.57 Å². The van der Waals surface area contributed by atoms with Crippen LogP contribution in [0.15, 0.2) is 24.3 Å². The summed E-state index contributed by atoms with van der Waals surface area (Å²) in [5.41, 5.74) is 0. The summed E-state index contributed by atoms with van der Waals surface area (Å²) in [5, 5.41) is 18.1. The maximum Gasteiger partial charge on any atom is 0.414 e. The zero-order valence-electron chi connectivity index (χ0n) is 14.1. The standard InChI is InChI=1S/C14H22INO3.C2H2O4/c1-17-9-2-7-16-8-10-18-11-12-19-14-5-3-13(15)4-6-14;3-1(4)2(5)6/h3-6,16H,2,7-12H2,1H3;(H,3,4)(H,5,6). The molecule has 0 atom stereocenters. The van der Waals surface area contributed by atoms with Gasteiger partial charge in [0.15, 0.2) is 0 Å². The average molecular weight is 469 g/mol.